The van der Waals surface area contributed by atoms with Crippen LogP contribution < -0.4 is 5.32 Å². The van der Waals surface area contributed by atoms with Gasteiger partial charge in [0, 0.05) is 12.4 Å². The molecule has 15 heavy (non-hydrogen) atoms. The summed E-state index contributed by atoms with van der Waals surface area (Å²) < 4.78 is 0. The molecule has 0 aliphatic carbocycles. The van der Waals surface area contributed by atoms with E-state index in [-0.39, 0.29) is 0 Å². The summed E-state index contributed by atoms with van der Waals surface area (Å²) in [6.07, 6.45) is 0. The standard InChI is InChI=1S/C10H8N4S/c1-12-10-7(4-11)2-3-8(14-10)9-5-15-6-13-9/h2-3,5-6H,1H3,(H,12,14). The van der Waals surface area contributed by atoms with E-state index in [0.717, 1.165) is 11.4 Å². The van der Waals surface area contributed by atoms with Gasteiger partial charge in [-0.1, -0.05) is 0 Å². The maximum atomic E-state index is 8.83. The Hall–Kier alpha value is -1.93. The summed E-state index contributed by atoms with van der Waals surface area (Å²) in [6.45, 7) is 0. The van der Waals surface area contributed by atoms with Crippen molar-refractivity contribution >= 4 is 17.2 Å². The molecule has 0 aliphatic heterocycles. The molecular weight excluding hydrogens is 208 g/mol. The predicted molar refractivity (Wildman–Crippen MR) is 59.6 cm³/mol. The number of hydrogen-bond acceptors (Lipinski definition) is 5. The molecule has 0 fully saturated rings. The molecule has 0 saturated carbocycles. The Morgan fingerprint density at radius 3 is 2.87 bits per heavy atom. The first-order valence-corrected chi connectivity index (χ1v) is 5.27. The van der Waals surface area contributed by atoms with Crippen LogP contribution in [0.25, 0.3) is 11.4 Å². The van der Waals surface area contributed by atoms with Crippen LogP contribution >= 0.6 is 11.3 Å². The molecule has 0 saturated heterocycles. The molecule has 0 amide bonds. The quantitative estimate of drug-likeness (QED) is 0.835. The number of aromatic nitrogens is 2. The highest BCUT2D eigenvalue weighted by Gasteiger charge is 2.06. The molecule has 0 radical (unpaired) electrons. The predicted octanol–water partition coefficient (Wildman–Crippen LogP) is 2.12. The summed E-state index contributed by atoms with van der Waals surface area (Å²) in [7, 11) is 1.74. The Bertz CT molecular complexity index is 499. The van der Waals surface area contributed by atoms with Crippen LogP contribution in [0.5, 0.6) is 0 Å². The number of hydrogen-bond donors (Lipinski definition) is 1. The highest BCUT2D eigenvalue weighted by atomic mass is 32.1. The first-order chi connectivity index (χ1) is 7.35. The van der Waals surface area contributed by atoms with Crippen molar-refractivity contribution in [3.63, 3.8) is 0 Å². The minimum atomic E-state index is 0.538. The Balaban J connectivity index is 2.49. The third kappa shape index (κ3) is 1.80. The van der Waals surface area contributed by atoms with Gasteiger partial charge < -0.3 is 5.32 Å². The van der Waals surface area contributed by atoms with Crippen molar-refractivity contribution in [1.29, 1.82) is 5.26 Å². The van der Waals surface area contributed by atoms with Gasteiger partial charge >= 0.3 is 0 Å². The van der Waals surface area contributed by atoms with E-state index in [1.165, 1.54) is 11.3 Å². The molecule has 74 valence electrons. The van der Waals surface area contributed by atoms with Crippen LogP contribution in [-0.4, -0.2) is 17.0 Å². The zero-order chi connectivity index (χ0) is 10.7. The zero-order valence-corrected chi connectivity index (χ0v) is 8.88. The third-order valence-corrected chi connectivity index (χ3v) is 2.53. The molecular formula is C10H8N4S. The molecule has 1 N–H and O–H groups in total. The number of nitrogens with zero attached hydrogens (tertiary/aromatic N) is 3. The molecule has 0 aliphatic rings. The fourth-order valence-electron chi connectivity index (χ4n) is 1.22. The summed E-state index contributed by atoms with van der Waals surface area (Å²) in [4.78, 5) is 8.48. The minimum Gasteiger partial charge on any atom is -0.372 e. The molecule has 2 heterocycles. The van der Waals surface area contributed by atoms with Crippen LogP contribution in [0, 0.1) is 11.3 Å². The SMILES string of the molecule is CNc1nc(-c2cscn2)ccc1C#N. The summed E-state index contributed by atoms with van der Waals surface area (Å²) in [6, 6.07) is 5.62. The van der Waals surface area contributed by atoms with Gasteiger partial charge in [0.25, 0.3) is 0 Å². The highest BCUT2D eigenvalue weighted by molar-refractivity contribution is 7.07. The molecule has 0 bridgehead atoms. The van der Waals surface area contributed by atoms with Gasteiger partial charge in [-0.05, 0) is 12.1 Å². The average molecular weight is 216 g/mol. The van der Waals surface area contributed by atoms with Crippen LogP contribution in [0.4, 0.5) is 5.82 Å². The van der Waals surface area contributed by atoms with Crippen LogP contribution in [0.2, 0.25) is 0 Å². The van der Waals surface area contributed by atoms with Crippen molar-refractivity contribution in [2.45, 2.75) is 0 Å². The van der Waals surface area contributed by atoms with Gasteiger partial charge in [0.1, 0.15) is 11.9 Å². The van der Waals surface area contributed by atoms with Crippen LogP contribution in [0.1, 0.15) is 5.56 Å². The average Bonchev–Trinajstić information content (AvgIpc) is 2.81. The fraction of sp³-hybridized carbons (Fsp3) is 0.100. The molecule has 0 aromatic carbocycles. The first-order valence-electron chi connectivity index (χ1n) is 4.32. The number of anilines is 1. The number of pyridine rings is 1. The lowest BCUT2D eigenvalue weighted by Gasteiger charge is -2.03. The third-order valence-electron chi connectivity index (χ3n) is 1.95. The molecule has 4 nitrogen and oxygen atoms in total. The van der Waals surface area contributed by atoms with E-state index in [4.69, 9.17) is 5.26 Å². The van der Waals surface area contributed by atoms with Crippen molar-refractivity contribution in [3.8, 4) is 17.5 Å². The summed E-state index contributed by atoms with van der Waals surface area (Å²) in [5.74, 6) is 0.586. The van der Waals surface area contributed by atoms with E-state index >= 15 is 0 Å². The second-order valence-corrected chi connectivity index (χ2v) is 3.55. The molecule has 0 unspecified atom stereocenters. The monoisotopic (exact) mass is 216 g/mol. The zero-order valence-electron chi connectivity index (χ0n) is 8.06. The second-order valence-electron chi connectivity index (χ2n) is 2.83. The summed E-state index contributed by atoms with van der Waals surface area (Å²) >= 11 is 1.52. The van der Waals surface area contributed by atoms with E-state index in [1.807, 2.05) is 5.38 Å². The molecule has 2 aromatic heterocycles. The lowest BCUT2D eigenvalue weighted by Crippen LogP contribution is -1.97. The van der Waals surface area contributed by atoms with Crippen molar-refractivity contribution in [2.24, 2.45) is 0 Å². The molecule has 2 aromatic rings. The van der Waals surface area contributed by atoms with Crippen molar-refractivity contribution in [3.05, 3.63) is 28.6 Å². The summed E-state index contributed by atoms with van der Waals surface area (Å²) in [5.41, 5.74) is 3.91. The Kier molecular flexibility index (Phi) is 2.61. The molecule has 0 spiro atoms. The maximum absolute atomic E-state index is 8.83. The van der Waals surface area contributed by atoms with Crippen molar-refractivity contribution in [1.82, 2.24) is 9.97 Å². The lowest BCUT2D eigenvalue weighted by molar-refractivity contribution is 1.24. The van der Waals surface area contributed by atoms with Crippen LogP contribution in [-0.2, 0) is 0 Å². The van der Waals surface area contributed by atoms with Crippen molar-refractivity contribution in [2.75, 3.05) is 12.4 Å². The maximum Gasteiger partial charge on any atom is 0.144 e. The van der Waals surface area contributed by atoms with Gasteiger partial charge in [-0.2, -0.15) is 5.26 Å². The van der Waals surface area contributed by atoms with Gasteiger partial charge in [-0.3, -0.25) is 0 Å². The molecule has 5 heteroatoms. The number of nitrogens with one attached hydrogen (secondary N) is 1. The Morgan fingerprint density at radius 1 is 1.40 bits per heavy atom. The van der Waals surface area contributed by atoms with Crippen molar-refractivity contribution < 1.29 is 0 Å². The van der Waals surface area contributed by atoms with E-state index in [0.29, 0.717) is 11.4 Å². The fourth-order valence-corrected chi connectivity index (χ4v) is 1.77. The Labute approximate surface area is 91.2 Å². The Morgan fingerprint density at radius 2 is 2.27 bits per heavy atom. The normalized spacial score (nSPS) is 9.60. The minimum absolute atomic E-state index is 0.538. The number of thiazole rings is 1. The highest BCUT2D eigenvalue weighted by Crippen LogP contribution is 2.20. The van der Waals surface area contributed by atoms with Crippen LogP contribution in [0.15, 0.2) is 23.0 Å². The molecule has 0 atom stereocenters. The largest absolute Gasteiger partial charge is 0.372 e. The first kappa shape index (κ1) is 9.62. The van der Waals surface area contributed by atoms with E-state index in [2.05, 4.69) is 21.4 Å². The van der Waals surface area contributed by atoms with E-state index in [9.17, 15) is 0 Å². The number of nitriles is 1. The van der Waals surface area contributed by atoms with Gasteiger partial charge in [0.15, 0.2) is 0 Å². The van der Waals surface area contributed by atoms with Gasteiger partial charge in [-0.25, -0.2) is 9.97 Å². The van der Waals surface area contributed by atoms with Gasteiger partial charge in [0.2, 0.25) is 0 Å². The summed E-state index contributed by atoms with van der Waals surface area (Å²) in [5, 5.41) is 13.6. The number of rotatable bonds is 2. The van der Waals surface area contributed by atoms with Gasteiger partial charge in [-0.15, -0.1) is 11.3 Å². The van der Waals surface area contributed by atoms with E-state index < -0.39 is 0 Å². The smallest absolute Gasteiger partial charge is 0.144 e. The topological polar surface area (TPSA) is 61.6 Å². The lowest BCUT2D eigenvalue weighted by atomic mass is 10.2. The molecule has 2 rings (SSSR count). The van der Waals surface area contributed by atoms with E-state index in [1.54, 1.807) is 24.7 Å². The van der Waals surface area contributed by atoms with Gasteiger partial charge in [0.05, 0.1) is 22.5 Å². The second kappa shape index (κ2) is 4.07. The van der Waals surface area contributed by atoms with Crippen LogP contribution in [0.3, 0.4) is 0 Å².